The minimum Gasteiger partial charge on any atom is -0.465 e. The van der Waals surface area contributed by atoms with Crippen molar-refractivity contribution in [3.05, 3.63) is 0 Å². The average Bonchev–Trinajstić information content (AvgIpc) is 2.77. The van der Waals surface area contributed by atoms with Crippen LogP contribution in [0.4, 0.5) is 0 Å². The molecule has 1 heterocycles. The third-order valence-electron chi connectivity index (χ3n) is 3.27. The van der Waals surface area contributed by atoms with E-state index in [2.05, 4.69) is 23.6 Å². The maximum Gasteiger partial charge on any atom is 0.320 e. The Kier molecular flexibility index (Phi) is 6.52. The van der Waals surface area contributed by atoms with Crippen molar-refractivity contribution in [1.29, 1.82) is 0 Å². The van der Waals surface area contributed by atoms with E-state index >= 15 is 0 Å². The van der Waals surface area contributed by atoms with Crippen LogP contribution in [0.1, 0.15) is 33.6 Å². The van der Waals surface area contributed by atoms with Gasteiger partial charge in [0.1, 0.15) is 0 Å². The van der Waals surface area contributed by atoms with Crippen molar-refractivity contribution in [2.75, 3.05) is 39.3 Å². The van der Waals surface area contributed by atoms with Crippen molar-refractivity contribution in [3.63, 3.8) is 0 Å². The lowest BCUT2D eigenvalue weighted by Crippen LogP contribution is -2.41. The number of likely N-dealkylation sites (tertiary alicyclic amines) is 1. The van der Waals surface area contributed by atoms with E-state index in [0.717, 1.165) is 13.1 Å². The van der Waals surface area contributed by atoms with Gasteiger partial charge in [-0.05, 0) is 46.7 Å². The van der Waals surface area contributed by atoms with E-state index in [-0.39, 0.29) is 5.97 Å². The topological polar surface area (TPSA) is 32.8 Å². The van der Waals surface area contributed by atoms with Gasteiger partial charge in [0.2, 0.25) is 0 Å². The first-order chi connectivity index (χ1) is 8.13. The van der Waals surface area contributed by atoms with Crippen LogP contribution in [-0.2, 0) is 9.53 Å². The van der Waals surface area contributed by atoms with Crippen molar-refractivity contribution >= 4 is 5.97 Å². The number of ether oxygens (including phenoxy) is 1. The van der Waals surface area contributed by atoms with E-state index in [1.165, 1.54) is 25.9 Å². The summed E-state index contributed by atoms with van der Waals surface area (Å²) in [5.41, 5.74) is 0. The molecule has 1 aliphatic heterocycles. The van der Waals surface area contributed by atoms with Crippen molar-refractivity contribution in [2.45, 2.75) is 39.7 Å². The highest BCUT2D eigenvalue weighted by Crippen LogP contribution is 2.07. The van der Waals surface area contributed by atoms with E-state index in [1.807, 2.05) is 6.92 Å². The van der Waals surface area contributed by atoms with Crippen LogP contribution in [0, 0.1) is 0 Å². The summed E-state index contributed by atoms with van der Waals surface area (Å²) in [5.74, 6) is -0.109. The van der Waals surface area contributed by atoms with Crippen LogP contribution in [0.5, 0.6) is 0 Å². The fourth-order valence-electron chi connectivity index (χ4n) is 2.17. The van der Waals surface area contributed by atoms with Crippen molar-refractivity contribution in [3.8, 4) is 0 Å². The van der Waals surface area contributed by atoms with Crippen LogP contribution >= 0.6 is 0 Å². The Morgan fingerprint density at radius 2 is 2.00 bits per heavy atom. The van der Waals surface area contributed by atoms with Gasteiger partial charge in [-0.3, -0.25) is 9.69 Å². The lowest BCUT2D eigenvalue weighted by Gasteiger charge is -2.27. The third kappa shape index (κ3) is 5.50. The van der Waals surface area contributed by atoms with Crippen LogP contribution < -0.4 is 0 Å². The Balaban J connectivity index is 2.29. The summed E-state index contributed by atoms with van der Waals surface area (Å²) < 4.78 is 5.00. The highest BCUT2D eigenvalue weighted by Gasteiger charge is 2.17. The molecule has 0 saturated carbocycles. The lowest BCUT2D eigenvalue weighted by molar-refractivity contribution is -0.144. The molecule has 4 nitrogen and oxygen atoms in total. The molecule has 0 unspecified atom stereocenters. The summed E-state index contributed by atoms with van der Waals surface area (Å²) in [4.78, 5) is 16.1. The maximum atomic E-state index is 11.5. The molecule has 0 aromatic rings. The van der Waals surface area contributed by atoms with E-state index in [1.54, 1.807) is 0 Å². The summed E-state index contributed by atoms with van der Waals surface area (Å²) in [7, 11) is 0. The Morgan fingerprint density at radius 3 is 2.53 bits per heavy atom. The second kappa shape index (κ2) is 7.67. The van der Waals surface area contributed by atoms with Crippen LogP contribution in [0.25, 0.3) is 0 Å². The van der Waals surface area contributed by atoms with Gasteiger partial charge in [0, 0.05) is 19.1 Å². The molecule has 0 bridgehead atoms. The molecular weight excluding hydrogens is 216 g/mol. The zero-order valence-electron chi connectivity index (χ0n) is 11.4. The molecule has 1 aliphatic rings. The van der Waals surface area contributed by atoms with E-state index < -0.39 is 0 Å². The average molecular weight is 242 g/mol. The number of carbonyl (C=O) groups excluding carboxylic acids is 1. The van der Waals surface area contributed by atoms with Gasteiger partial charge in [-0.15, -0.1) is 0 Å². The largest absolute Gasteiger partial charge is 0.465 e. The highest BCUT2D eigenvalue weighted by atomic mass is 16.5. The second-order valence-electron chi connectivity index (χ2n) is 4.92. The quantitative estimate of drug-likeness (QED) is 0.631. The predicted molar refractivity (Wildman–Crippen MR) is 69.0 cm³/mol. The van der Waals surface area contributed by atoms with Gasteiger partial charge in [-0.25, -0.2) is 0 Å². The molecule has 0 amide bonds. The Bertz CT molecular complexity index is 225. The standard InChI is InChI=1S/C13H26N2O2/c1-4-17-13(16)11-15(12(2)3)10-9-14-7-5-6-8-14/h12H,4-11H2,1-3H3. The van der Waals surface area contributed by atoms with Gasteiger partial charge < -0.3 is 9.64 Å². The summed E-state index contributed by atoms with van der Waals surface area (Å²) in [6, 6.07) is 0.391. The molecule has 0 atom stereocenters. The van der Waals surface area contributed by atoms with E-state index in [9.17, 15) is 4.79 Å². The molecular formula is C13H26N2O2. The summed E-state index contributed by atoms with van der Waals surface area (Å²) in [6.07, 6.45) is 2.64. The SMILES string of the molecule is CCOC(=O)CN(CCN1CCCC1)C(C)C. The van der Waals surface area contributed by atoms with Crippen molar-refractivity contribution < 1.29 is 9.53 Å². The number of carbonyl (C=O) groups is 1. The van der Waals surface area contributed by atoms with Crippen LogP contribution in [-0.4, -0.2) is 61.1 Å². The molecule has 0 N–H and O–H groups in total. The Morgan fingerprint density at radius 1 is 1.35 bits per heavy atom. The van der Waals surface area contributed by atoms with Gasteiger partial charge in [-0.1, -0.05) is 0 Å². The first-order valence-electron chi connectivity index (χ1n) is 6.75. The summed E-state index contributed by atoms with van der Waals surface area (Å²) >= 11 is 0. The zero-order chi connectivity index (χ0) is 12.7. The minimum atomic E-state index is -0.109. The monoisotopic (exact) mass is 242 g/mol. The molecule has 100 valence electrons. The first-order valence-corrected chi connectivity index (χ1v) is 6.75. The molecule has 0 aliphatic carbocycles. The fraction of sp³-hybridized carbons (Fsp3) is 0.923. The van der Waals surface area contributed by atoms with Gasteiger partial charge in [0.05, 0.1) is 13.2 Å². The first kappa shape index (κ1) is 14.5. The maximum absolute atomic E-state index is 11.5. The Hall–Kier alpha value is -0.610. The minimum absolute atomic E-state index is 0.109. The molecule has 4 heteroatoms. The van der Waals surface area contributed by atoms with Crippen LogP contribution in [0.2, 0.25) is 0 Å². The molecule has 0 radical (unpaired) electrons. The van der Waals surface area contributed by atoms with Gasteiger partial charge in [0.15, 0.2) is 0 Å². The summed E-state index contributed by atoms with van der Waals surface area (Å²) in [5, 5.41) is 0. The molecule has 1 rings (SSSR count). The second-order valence-corrected chi connectivity index (χ2v) is 4.92. The van der Waals surface area contributed by atoms with Crippen LogP contribution in [0.3, 0.4) is 0 Å². The normalized spacial score (nSPS) is 17.0. The van der Waals surface area contributed by atoms with Gasteiger partial charge in [0.25, 0.3) is 0 Å². The molecule has 17 heavy (non-hydrogen) atoms. The van der Waals surface area contributed by atoms with E-state index in [0.29, 0.717) is 19.2 Å². The van der Waals surface area contributed by atoms with Gasteiger partial charge >= 0.3 is 5.97 Å². The number of esters is 1. The van der Waals surface area contributed by atoms with Crippen molar-refractivity contribution in [2.24, 2.45) is 0 Å². The van der Waals surface area contributed by atoms with E-state index in [4.69, 9.17) is 4.74 Å². The third-order valence-corrected chi connectivity index (χ3v) is 3.27. The predicted octanol–water partition coefficient (Wildman–Crippen LogP) is 1.36. The molecule has 0 aromatic heterocycles. The zero-order valence-corrected chi connectivity index (χ0v) is 11.4. The highest BCUT2D eigenvalue weighted by molar-refractivity contribution is 5.71. The fourth-order valence-corrected chi connectivity index (χ4v) is 2.17. The number of hydrogen-bond donors (Lipinski definition) is 0. The summed E-state index contributed by atoms with van der Waals surface area (Å²) in [6.45, 7) is 11.4. The van der Waals surface area contributed by atoms with Crippen LogP contribution in [0.15, 0.2) is 0 Å². The molecule has 0 aromatic carbocycles. The molecule has 1 saturated heterocycles. The van der Waals surface area contributed by atoms with Crippen molar-refractivity contribution in [1.82, 2.24) is 9.80 Å². The lowest BCUT2D eigenvalue weighted by atomic mass is 10.3. The number of nitrogens with zero attached hydrogens (tertiary/aromatic N) is 2. The smallest absolute Gasteiger partial charge is 0.320 e. The number of hydrogen-bond acceptors (Lipinski definition) is 4. The van der Waals surface area contributed by atoms with Gasteiger partial charge in [-0.2, -0.15) is 0 Å². The molecule has 0 spiro atoms. The molecule has 1 fully saturated rings. The Labute approximate surface area is 105 Å². The number of rotatable bonds is 7.